The average Bonchev–Trinajstić information content (AvgIpc) is 2.51. The summed E-state index contributed by atoms with van der Waals surface area (Å²) in [5.74, 6) is 0. The van der Waals surface area contributed by atoms with Crippen molar-refractivity contribution in [2.75, 3.05) is 0 Å². The third kappa shape index (κ3) is 18.0. The molecule has 0 spiro atoms. The van der Waals surface area contributed by atoms with Gasteiger partial charge in [-0.2, -0.15) is 0 Å². The third-order valence-electron chi connectivity index (χ3n) is 4.71. The first-order valence-electron chi connectivity index (χ1n) is 10.0. The number of rotatable bonds is 17. The molecular formula is C19H39NaO4S. The van der Waals surface area contributed by atoms with Gasteiger partial charge in [-0.15, -0.1) is 0 Å². The van der Waals surface area contributed by atoms with Crippen LogP contribution in [0.3, 0.4) is 0 Å². The number of hydrogen-bond donors (Lipinski definition) is 1. The molecule has 0 saturated heterocycles. The molecule has 2 atom stereocenters. The topological polar surface area (TPSA) is 77.4 Å². The van der Waals surface area contributed by atoms with Gasteiger partial charge in [0.05, 0.1) is 21.5 Å². The van der Waals surface area contributed by atoms with Crippen molar-refractivity contribution < 1.29 is 47.6 Å². The first-order valence-corrected chi connectivity index (χ1v) is 11.5. The predicted molar refractivity (Wildman–Crippen MR) is 100 cm³/mol. The van der Waals surface area contributed by atoms with Crippen LogP contribution < -0.4 is 29.6 Å². The quantitative estimate of drug-likeness (QED) is 0.236. The van der Waals surface area contributed by atoms with Crippen molar-refractivity contribution in [3.63, 3.8) is 0 Å². The van der Waals surface area contributed by atoms with Gasteiger partial charge < -0.3 is 9.66 Å². The maximum atomic E-state index is 11.4. The SMILES string of the molecule is CCCCCCCCCCCC(CC(O)CCCCC)S(=O)(=O)[O-].[Na+]. The van der Waals surface area contributed by atoms with E-state index in [4.69, 9.17) is 0 Å². The van der Waals surface area contributed by atoms with E-state index >= 15 is 0 Å². The fourth-order valence-electron chi connectivity index (χ4n) is 3.11. The van der Waals surface area contributed by atoms with E-state index in [1.165, 1.54) is 38.5 Å². The minimum atomic E-state index is -4.31. The molecule has 1 N–H and O–H groups in total. The molecule has 6 heteroatoms. The third-order valence-corrected chi connectivity index (χ3v) is 5.96. The van der Waals surface area contributed by atoms with Crippen LogP contribution in [0.4, 0.5) is 0 Å². The van der Waals surface area contributed by atoms with Gasteiger partial charge in [-0.3, -0.25) is 0 Å². The largest absolute Gasteiger partial charge is 1.00 e. The second-order valence-electron chi connectivity index (χ2n) is 7.12. The maximum absolute atomic E-state index is 11.4. The number of aliphatic hydroxyl groups is 1. The molecule has 2 unspecified atom stereocenters. The molecule has 25 heavy (non-hydrogen) atoms. The molecule has 0 aliphatic carbocycles. The Kier molecular flexibility index (Phi) is 20.5. The van der Waals surface area contributed by atoms with E-state index < -0.39 is 21.5 Å². The summed E-state index contributed by atoms with van der Waals surface area (Å²) in [4.78, 5) is 0. The number of hydrogen-bond acceptors (Lipinski definition) is 4. The van der Waals surface area contributed by atoms with Gasteiger partial charge in [0.1, 0.15) is 0 Å². The molecular weight excluding hydrogens is 347 g/mol. The zero-order valence-corrected chi connectivity index (χ0v) is 19.7. The zero-order valence-electron chi connectivity index (χ0n) is 16.8. The van der Waals surface area contributed by atoms with E-state index in [1.807, 2.05) is 0 Å². The predicted octanol–water partition coefficient (Wildman–Crippen LogP) is 2.16. The van der Waals surface area contributed by atoms with Crippen LogP contribution in [-0.4, -0.2) is 29.4 Å². The Morgan fingerprint density at radius 3 is 1.64 bits per heavy atom. The summed E-state index contributed by atoms with van der Waals surface area (Å²) in [7, 11) is -4.31. The number of unbranched alkanes of at least 4 members (excludes halogenated alkanes) is 10. The van der Waals surface area contributed by atoms with Crippen molar-refractivity contribution in [3.8, 4) is 0 Å². The van der Waals surface area contributed by atoms with Gasteiger partial charge in [-0.1, -0.05) is 90.9 Å². The van der Waals surface area contributed by atoms with Crippen molar-refractivity contribution in [1.82, 2.24) is 0 Å². The van der Waals surface area contributed by atoms with Crippen molar-refractivity contribution in [3.05, 3.63) is 0 Å². The zero-order chi connectivity index (χ0) is 18.3. The Balaban J connectivity index is 0. The van der Waals surface area contributed by atoms with Crippen LogP contribution in [0.5, 0.6) is 0 Å². The summed E-state index contributed by atoms with van der Waals surface area (Å²) in [6.07, 6.45) is 13.9. The molecule has 0 saturated carbocycles. The maximum Gasteiger partial charge on any atom is 1.00 e. The monoisotopic (exact) mass is 386 g/mol. The van der Waals surface area contributed by atoms with Crippen molar-refractivity contribution in [2.24, 2.45) is 0 Å². The molecule has 0 bridgehead atoms. The molecule has 0 aromatic rings. The first-order chi connectivity index (χ1) is 11.4. The van der Waals surface area contributed by atoms with Crippen LogP contribution >= 0.6 is 0 Å². The molecule has 0 fully saturated rings. The first kappa shape index (κ1) is 28.1. The molecule has 0 aromatic carbocycles. The summed E-state index contributed by atoms with van der Waals surface area (Å²) in [5.41, 5.74) is 0. The summed E-state index contributed by atoms with van der Waals surface area (Å²) in [6, 6.07) is 0. The Labute approximate surface area is 178 Å². The Morgan fingerprint density at radius 1 is 0.760 bits per heavy atom. The second kappa shape index (κ2) is 18.2. The van der Waals surface area contributed by atoms with Gasteiger partial charge in [0.15, 0.2) is 0 Å². The van der Waals surface area contributed by atoms with E-state index in [-0.39, 0.29) is 36.0 Å². The Morgan fingerprint density at radius 2 is 1.16 bits per heavy atom. The van der Waals surface area contributed by atoms with Crippen molar-refractivity contribution in [2.45, 2.75) is 122 Å². The van der Waals surface area contributed by atoms with Gasteiger partial charge in [0, 0.05) is 0 Å². The normalized spacial score (nSPS) is 14.1. The molecule has 0 aromatic heterocycles. The summed E-state index contributed by atoms with van der Waals surface area (Å²) < 4.78 is 34.2. The van der Waals surface area contributed by atoms with Crippen molar-refractivity contribution in [1.29, 1.82) is 0 Å². The molecule has 0 radical (unpaired) electrons. The van der Waals surface area contributed by atoms with Crippen LogP contribution in [-0.2, 0) is 10.1 Å². The van der Waals surface area contributed by atoms with Crippen LogP contribution in [0, 0.1) is 0 Å². The average molecular weight is 387 g/mol. The van der Waals surface area contributed by atoms with Gasteiger partial charge in [0.25, 0.3) is 0 Å². The fraction of sp³-hybridized carbons (Fsp3) is 1.00. The van der Waals surface area contributed by atoms with Crippen LogP contribution in [0.1, 0.15) is 110 Å². The standard InChI is InChI=1S/C19H40O4S.Na/c1-3-5-7-8-9-10-11-12-14-16-19(24(21,22)23)17-18(20)15-13-6-4-2;/h18-20H,3-17H2,1-2H3,(H,21,22,23);/q;+1/p-1. The second-order valence-corrected chi connectivity index (χ2v) is 8.77. The van der Waals surface area contributed by atoms with E-state index in [0.29, 0.717) is 12.8 Å². The van der Waals surface area contributed by atoms with E-state index in [0.717, 1.165) is 38.5 Å². The minimum absolute atomic E-state index is 0. The summed E-state index contributed by atoms with van der Waals surface area (Å²) >= 11 is 0. The van der Waals surface area contributed by atoms with Crippen LogP contribution in [0.25, 0.3) is 0 Å². The van der Waals surface area contributed by atoms with Gasteiger partial charge >= 0.3 is 29.6 Å². The van der Waals surface area contributed by atoms with Crippen LogP contribution in [0.15, 0.2) is 0 Å². The molecule has 0 aliphatic rings. The van der Waals surface area contributed by atoms with Gasteiger partial charge in [-0.05, 0) is 19.3 Å². The molecule has 4 nitrogen and oxygen atoms in total. The summed E-state index contributed by atoms with van der Waals surface area (Å²) in [6.45, 7) is 4.29. The van der Waals surface area contributed by atoms with E-state index in [1.54, 1.807) is 0 Å². The Bertz CT molecular complexity index is 374. The van der Waals surface area contributed by atoms with E-state index in [2.05, 4.69) is 13.8 Å². The smallest absolute Gasteiger partial charge is 0.748 e. The molecule has 0 aliphatic heterocycles. The van der Waals surface area contributed by atoms with Crippen LogP contribution in [0.2, 0.25) is 0 Å². The Hall–Kier alpha value is 0.870. The van der Waals surface area contributed by atoms with Crippen molar-refractivity contribution >= 4 is 10.1 Å². The van der Waals surface area contributed by atoms with Gasteiger partial charge in [0.2, 0.25) is 0 Å². The minimum Gasteiger partial charge on any atom is -0.748 e. The molecule has 146 valence electrons. The molecule has 0 amide bonds. The number of aliphatic hydroxyl groups excluding tert-OH is 1. The van der Waals surface area contributed by atoms with Gasteiger partial charge in [-0.25, -0.2) is 8.42 Å². The summed E-state index contributed by atoms with van der Waals surface area (Å²) in [5, 5.41) is 9.03. The fourth-order valence-corrected chi connectivity index (χ4v) is 4.03. The molecule has 0 heterocycles. The molecule has 0 rings (SSSR count). The van der Waals surface area contributed by atoms with E-state index in [9.17, 15) is 18.1 Å².